The third kappa shape index (κ3) is 4.14. The van der Waals surface area contributed by atoms with E-state index in [1.807, 2.05) is 11.8 Å². The number of ether oxygens (including phenoxy) is 1. The van der Waals surface area contributed by atoms with Crippen LogP contribution in [-0.2, 0) is 4.79 Å². The number of hydrogen-bond acceptors (Lipinski definition) is 4. The SMILES string of the molecule is Nc1cccc(OCC(=O)NCC2CCCS2)c1. The molecule has 1 saturated heterocycles. The van der Waals surface area contributed by atoms with Gasteiger partial charge in [-0.1, -0.05) is 6.07 Å². The zero-order valence-corrected chi connectivity index (χ0v) is 11.0. The molecule has 1 aliphatic rings. The van der Waals surface area contributed by atoms with Crippen LogP contribution in [0.15, 0.2) is 24.3 Å². The highest BCUT2D eigenvalue weighted by Crippen LogP contribution is 2.25. The molecule has 0 aliphatic carbocycles. The van der Waals surface area contributed by atoms with Crippen LogP contribution in [0.5, 0.6) is 5.75 Å². The smallest absolute Gasteiger partial charge is 0.257 e. The summed E-state index contributed by atoms with van der Waals surface area (Å²) in [5.74, 6) is 1.76. The first-order valence-electron chi connectivity index (χ1n) is 6.10. The fourth-order valence-corrected chi connectivity index (χ4v) is 3.04. The summed E-state index contributed by atoms with van der Waals surface area (Å²) in [6.45, 7) is 0.782. The number of amides is 1. The molecule has 1 fully saturated rings. The molecule has 0 spiro atoms. The van der Waals surface area contributed by atoms with Crippen LogP contribution in [0, 0.1) is 0 Å². The van der Waals surface area contributed by atoms with E-state index in [0.29, 0.717) is 16.7 Å². The Kier molecular flexibility index (Phi) is 4.75. The van der Waals surface area contributed by atoms with E-state index in [0.717, 1.165) is 6.54 Å². The van der Waals surface area contributed by atoms with Gasteiger partial charge in [-0.3, -0.25) is 4.79 Å². The van der Waals surface area contributed by atoms with Crippen LogP contribution in [0.2, 0.25) is 0 Å². The van der Waals surface area contributed by atoms with Crippen LogP contribution < -0.4 is 15.8 Å². The molecule has 0 aromatic heterocycles. The molecule has 1 aromatic carbocycles. The Morgan fingerprint density at radius 3 is 3.17 bits per heavy atom. The minimum absolute atomic E-state index is 0.0425. The lowest BCUT2D eigenvalue weighted by Gasteiger charge is -2.11. The highest BCUT2D eigenvalue weighted by molar-refractivity contribution is 8.00. The number of nitrogens with one attached hydrogen (secondary N) is 1. The van der Waals surface area contributed by atoms with Gasteiger partial charge in [-0.15, -0.1) is 0 Å². The molecule has 1 aliphatic heterocycles. The molecule has 1 amide bonds. The number of thioether (sulfide) groups is 1. The van der Waals surface area contributed by atoms with Crippen LogP contribution >= 0.6 is 11.8 Å². The molecule has 2 rings (SSSR count). The number of rotatable bonds is 5. The lowest BCUT2D eigenvalue weighted by atomic mass is 10.2. The number of carbonyl (C=O) groups is 1. The molecule has 4 nitrogen and oxygen atoms in total. The van der Waals surface area contributed by atoms with E-state index >= 15 is 0 Å². The van der Waals surface area contributed by atoms with E-state index in [-0.39, 0.29) is 12.5 Å². The normalized spacial score (nSPS) is 18.6. The second kappa shape index (κ2) is 6.54. The van der Waals surface area contributed by atoms with E-state index in [1.165, 1.54) is 18.6 Å². The average molecular weight is 266 g/mol. The Labute approximate surface area is 111 Å². The van der Waals surface area contributed by atoms with Crippen molar-refractivity contribution in [2.45, 2.75) is 18.1 Å². The quantitative estimate of drug-likeness (QED) is 0.796. The number of carbonyl (C=O) groups excluding carboxylic acids is 1. The van der Waals surface area contributed by atoms with Crippen molar-refractivity contribution in [3.8, 4) is 5.75 Å². The minimum atomic E-state index is -0.0788. The summed E-state index contributed by atoms with van der Waals surface area (Å²) in [6.07, 6.45) is 2.45. The number of hydrogen-bond donors (Lipinski definition) is 2. The van der Waals surface area contributed by atoms with Gasteiger partial charge < -0.3 is 15.8 Å². The van der Waals surface area contributed by atoms with E-state index in [9.17, 15) is 4.79 Å². The second-order valence-corrected chi connectivity index (χ2v) is 5.71. The van der Waals surface area contributed by atoms with Gasteiger partial charge in [-0.25, -0.2) is 0 Å². The lowest BCUT2D eigenvalue weighted by molar-refractivity contribution is -0.123. The summed E-state index contributed by atoms with van der Waals surface area (Å²) in [4.78, 5) is 11.6. The fraction of sp³-hybridized carbons (Fsp3) is 0.462. The topological polar surface area (TPSA) is 64.3 Å². The summed E-state index contributed by atoms with van der Waals surface area (Å²) >= 11 is 1.93. The summed E-state index contributed by atoms with van der Waals surface area (Å²) in [7, 11) is 0. The summed E-state index contributed by atoms with van der Waals surface area (Å²) in [6, 6.07) is 7.08. The Morgan fingerprint density at radius 2 is 2.44 bits per heavy atom. The van der Waals surface area contributed by atoms with Crippen molar-refractivity contribution in [3.05, 3.63) is 24.3 Å². The van der Waals surface area contributed by atoms with E-state index in [1.54, 1.807) is 24.3 Å². The molecule has 0 saturated carbocycles. The van der Waals surface area contributed by atoms with E-state index in [2.05, 4.69) is 5.32 Å². The number of benzene rings is 1. The van der Waals surface area contributed by atoms with Crippen molar-refractivity contribution >= 4 is 23.4 Å². The van der Waals surface area contributed by atoms with E-state index < -0.39 is 0 Å². The monoisotopic (exact) mass is 266 g/mol. The van der Waals surface area contributed by atoms with Gasteiger partial charge in [0.15, 0.2) is 6.61 Å². The molecule has 5 heteroatoms. The van der Waals surface area contributed by atoms with Crippen molar-refractivity contribution in [3.63, 3.8) is 0 Å². The molecule has 0 bridgehead atoms. The summed E-state index contributed by atoms with van der Waals surface area (Å²) < 4.78 is 5.36. The molecule has 3 N–H and O–H groups in total. The molecule has 0 radical (unpaired) electrons. The number of nitrogen functional groups attached to an aromatic ring is 1. The Balaban J connectivity index is 1.68. The average Bonchev–Trinajstić information content (AvgIpc) is 2.87. The zero-order valence-electron chi connectivity index (χ0n) is 10.2. The predicted octanol–water partition coefficient (Wildman–Crippen LogP) is 1.66. The molecule has 1 heterocycles. The largest absolute Gasteiger partial charge is 0.484 e. The van der Waals surface area contributed by atoms with Crippen molar-refractivity contribution in [2.24, 2.45) is 0 Å². The highest BCUT2D eigenvalue weighted by Gasteiger charge is 2.16. The molecule has 18 heavy (non-hydrogen) atoms. The third-order valence-electron chi connectivity index (χ3n) is 2.78. The first kappa shape index (κ1) is 13.1. The number of anilines is 1. The fourth-order valence-electron chi connectivity index (χ4n) is 1.84. The number of nitrogens with two attached hydrogens (primary N) is 1. The van der Waals surface area contributed by atoms with E-state index in [4.69, 9.17) is 10.5 Å². The molecular weight excluding hydrogens is 248 g/mol. The van der Waals surface area contributed by atoms with Gasteiger partial charge in [0, 0.05) is 23.5 Å². The van der Waals surface area contributed by atoms with Gasteiger partial charge in [-0.05, 0) is 30.7 Å². The molecular formula is C13H18N2O2S. The maximum Gasteiger partial charge on any atom is 0.257 e. The van der Waals surface area contributed by atoms with Gasteiger partial charge in [0.25, 0.3) is 5.91 Å². The second-order valence-electron chi connectivity index (χ2n) is 4.30. The molecule has 1 aromatic rings. The zero-order chi connectivity index (χ0) is 12.8. The van der Waals surface area contributed by atoms with Crippen LogP contribution in [0.4, 0.5) is 5.69 Å². The van der Waals surface area contributed by atoms with Crippen molar-refractivity contribution in [1.29, 1.82) is 0 Å². The standard InChI is InChI=1S/C13H18N2O2S/c14-10-3-1-4-11(7-10)17-9-13(16)15-8-12-5-2-6-18-12/h1,3-4,7,12H,2,5-6,8-9,14H2,(H,15,16). The Hall–Kier alpha value is -1.36. The molecule has 1 atom stereocenters. The maximum atomic E-state index is 11.6. The van der Waals surface area contributed by atoms with Gasteiger partial charge >= 0.3 is 0 Å². The van der Waals surface area contributed by atoms with Crippen molar-refractivity contribution in [2.75, 3.05) is 24.6 Å². The van der Waals surface area contributed by atoms with Crippen molar-refractivity contribution < 1.29 is 9.53 Å². The van der Waals surface area contributed by atoms with Crippen LogP contribution in [0.3, 0.4) is 0 Å². The Morgan fingerprint density at radius 1 is 1.56 bits per heavy atom. The first-order chi connectivity index (χ1) is 8.74. The van der Waals surface area contributed by atoms with Gasteiger partial charge in [-0.2, -0.15) is 11.8 Å². The first-order valence-corrected chi connectivity index (χ1v) is 7.15. The van der Waals surface area contributed by atoms with Gasteiger partial charge in [0.2, 0.25) is 0 Å². The molecule has 98 valence electrons. The van der Waals surface area contributed by atoms with Gasteiger partial charge in [0.05, 0.1) is 0 Å². The van der Waals surface area contributed by atoms with Gasteiger partial charge in [0.1, 0.15) is 5.75 Å². The van der Waals surface area contributed by atoms with Crippen LogP contribution in [0.25, 0.3) is 0 Å². The Bertz CT molecular complexity index is 406. The third-order valence-corrected chi connectivity index (χ3v) is 4.18. The predicted molar refractivity (Wildman–Crippen MR) is 74.8 cm³/mol. The summed E-state index contributed by atoms with van der Waals surface area (Å²) in [5.41, 5.74) is 6.26. The minimum Gasteiger partial charge on any atom is -0.484 e. The molecule has 1 unspecified atom stereocenters. The highest BCUT2D eigenvalue weighted by atomic mass is 32.2. The lowest BCUT2D eigenvalue weighted by Crippen LogP contribution is -2.33. The maximum absolute atomic E-state index is 11.6. The van der Waals surface area contributed by atoms with Crippen LogP contribution in [-0.4, -0.2) is 30.1 Å². The van der Waals surface area contributed by atoms with Crippen molar-refractivity contribution in [1.82, 2.24) is 5.32 Å². The van der Waals surface area contributed by atoms with Crippen LogP contribution in [0.1, 0.15) is 12.8 Å². The summed E-state index contributed by atoms with van der Waals surface area (Å²) in [5, 5.41) is 3.46.